The molecule has 0 rings (SSSR count). The van der Waals surface area contributed by atoms with E-state index in [9.17, 15) is 4.79 Å². The quantitative estimate of drug-likeness (QED) is 0.558. The standard InChI is InChI=1S/C7H13ClO2/c1-2-10-6-7(9)4-3-5-8/h2-6H2,1H3. The van der Waals surface area contributed by atoms with Crippen molar-refractivity contribution in [2.24, 2.45) is 0 Å². The molecule has 0 N–H and O–H groups in total. The minimum absolute atomic E-state index is 0.141. The number of hydrogen-bond acceptors (Lipinski definition) is 2. The number of rotatable bonds is 6. The maximum atomic E-state index is 10.8. The molecular weight excluding hydrogens is 152 g/mol. The molecule has 0 radical (unpaired) electrons. The van der Waals surface area contributed by atoms with Gasteiger partial charge in [-0.2, -0.15) is 0 Å². The summed E-state index contributed by atoms with van der Waals surface area (Å²) in [5.41, 5.74) is 0. The van der Waals surface area contributed by atoms with E-state index in [2.05, 4.69) is 0 Å². The maximum absolute atomic E-state index is 10.8. The van der Waals surface area contributed by atoms with Crippen LogP contribution in [0.15, 0.2) is 0 Å². The number of halogens is 1. The van der Waals surface area contributed by atoms with Crippen LogP contribution in [-0.2, 0) is 9.53 Å². The molecule has 10 heavy (non-hydrogen) atoms. The van der Waals surface area contributed by atoms with Gasteiger partial charge in [-0.05, 0) is 13.3 Å². The number of alkyl halides is 1. The normalized spacial score (nSPS) is 9.80. The monoisotopic (exact) mass is 164 g/mol. The van der Waals surface area contributed by atoms with E-state index < -0.39 is 0 Å². The van der Waals surface area contributed by atoms with Gasteiger partial charge in [-0.3, -0.25) is 4.79 Å². The molecule has 0 aliphatic carbocycles. The zero-order chi connectivity index (χ0) is 7.82. The predicted octanol–water partition coefficient (Wildman–Crippen LogP) is 1.61. The van der Waals surface area contributed by atoms with Crippen molar-refractivity contribution < 1.29 is 9.53 Å². The van der Waals surface area contributed by atoms with Crippen molar-refractivity contribution in [1.82, 2.24) is 0 Å². The van der Waals surface area contributed by atoms with Crippen LogP contribution in [0, 0.1) is 0 Å². The first-order chi connectivity index (χ1) is 4.81. The summed E-state index contributed by atoms with van der Waals surface area (Å²) in [4.78, 5) is 10.8. The van der Waals surface area contributed by atoms with E-state index in [4.69, 9.17) is 16.3 Å². The summed E-state index contributed by atoms with van der Waals surface area (Å²) >= 11 is 5.39. The van der Waals surface area contributed by atoms with Gasteiger partial charge in [0.05, 0.1) is 0 Å². The average Bonchev–Trinajstić information content (AvgIpc) is 1.97. The van der Waals surface area contributed by atoms with Crippen LogP contribution in [0.5, 0.6) is 0 Å². The Balaban J connectivity index is 3.09. The Morgan fingerprint density at radius 2 is 2.30 bits per heavy atom. The van der Waals surface area contributed by atoms with Crippen molar-refractivity contribution >= 4 is 17.4 Å². The smallest absolute Gasteiger partial charge is 0.158 e. The van der Waals surface area contributed by atoms with Crippen LogP contribution >= 0.6 is 11.6 Å². The Kier molecular flexibility index (Phi) is 6.98. The molecule has 0 aromatic heterocycles. The number of Topliss-reactive ketones (excluding diaryl/α,β-unsaturated/α-hetero) is 1. The number of carbonyl (C=O) groups is 1. The molecule has 0 aromatic carbocycles. The summed E-state index contributed by atoms with van der Waals surface area (Å²) in [6.07, 6.45) is 1.30. The Morgan fingerprint density at radius 3 is 2.80 bits per heavy atom. The molecule has 2 nitrogen and oxygen atoms in total. The van der Waals surface area contributed by atoms with Gasteiger partial charge in [0, 0.05) is 18.9 Å². The zero-order valence-electron chi connectivity index (χ0n) is 6.23. The van der Waals surface area contributed by atoms with E-state index in [0.717, 1.165) is 6.42 Å². The molecule has 0 heterocycles. The molecule has 0 fully saturated rings. The first-order valence-electron chi connectivity index (χ1n) is 3.46. The number of hydrogen-bond donors (Lipinski definition) is 0. The lowest BCUT2D eigenvalue weighted by Crippen LogP contribution is -2.08. The van der Waals surface area contributed by atoms with Crippen molar-refractivity contribution in [3.8, 4) is 0 Å². The predicted molar refractivity (Wildman–Crippen MR) is 41.5 cm³/mol. The molecule has 60 valence electrons. The molecule has 0 unspecified atom stereocenters. The maximum Gasteiger partial charge on any atom is 0.158 e. The molecule has 0 spiro atoms. The van der Waals surface area contributed by atoms with E-state index in [-0.39, 0.29) is 12.4 Å². The van der Waals surface area contributed by atoms with E-state index in [1.807, 2.05) is 6.92 Å². The second-order valence-electron chi connectivity index (χ2n) is 1.97. The highest BCUT2D eigenvalue weighted by Gasteiger charge is 1.99. The first kappa shape index (κ1) is 9.92. The molecule has 0 aromatic rings. The van der Waals surface area contributed by atoms with Crippen molar-refractivity contribution in [2.45, 2.75) is 19.8 Å². The molecule has 3 heteroatoms. The summed E-state index contributed by atoms with van der Waals surface area (Å²) in [5, 5.41) is 0. The summed E-state index contributed by atoms with van der Waals surface area (Å²) in [5.74, 6) is 0.695. The van der Waals surface area contributed by atoms with Gasteiger partial charge < -0.3 is 4.74 Å². The largest absolute Gasteiger partial charge is 0.374 e. The minimum Gasteiger partial charge on any atom is -0.374 e. The highest BCUT2D eigenvalue weighted by atomic mass is 35.5. The summed E-state index contributed by atoms with van der Waals surface area (Å²) in [6.45, 7) is 2.72. The molecule has 0 saturated carbocycles. The van der Waals surface area contributed by atoms with E-state index in [0.29, 0.717) is 18.9 Å². The highest BCUT2D eigenvalue weighted by molar-refractivity contribution is 6.17. The van der Waals surface area contributed by atoms with Crippen molar-refractivity contribution in [3.05, 3.63) is 0 Å². The SMILES string of the molecule is CCOCC(=O)CCCCl. The van der Waals surface area contributed by atoms with Gasteiger partial charge in [0.2, 0.25) is 0 Å². The minimum atomic E-state index is 0.141. The number of ether oxygens (including phenoxy) is 1. The van der Waals surface area contributed by atoms with Gasteiger partial charge in [-0.25, -0.2) is 0 Å². The molecule has 0 atom stereocenters. The Bertz CT molecular complexity index is 83.6. The first-order valence-corrected chi connectivity index (χ1v) is 4.00. The molecule has 0 aliphatic heterocycles. The van der Waals surface area contributed by atoms with Gasteiger partial charge in [0.25, 0.3) is 0 Å². The van der Waals surface area contributed by atoms with E-state index in [1.54, 1.807) is 0 Å². The van der Waals surface area contributed by atoms with Crippen molar-refractivity contribution in [1.29, 1.82) is 0 Å². The average molecular weight is 165 g/mol. The fraction of sp³-hybridized carbons (Fsp3) is 0.857. The topological polar surface area (TPSA) is 26.3 Å². The Hall–Kier alpha value is -0.0800. The molecule has 0 aliphatic rings. The van der Waals surface area contributed by atoms with E-state index >= 15 is 0 Å². The van der Waals surface area contributed by atoms with Crippen LogP contribution in [0.4, 0.5) is 0 Å². The highest BCUT2D eigenvalue weighted by Crippen LogP contribution is 1.93. The third kappa shape index (κ3) is 6.05. The summed E-state index contributed by atoms with van der Waals surface area (Å²) < 4.78 is 4.90. The van der Waals surface area contributed by atoms with Gasteiger partial charge in [0.15, 0.2) is 5.78 Å². The second kappa shape index (κ2) is 7.03. The van der Waals surface area contributed by atoms with Gasteiger partial charge in [0.1, 0.15) is 6.61 Å². The molecule has 0 saturated heterocycles. The summed E-state index contributed by atoms with van der Waals surface area (Å²) in [7, 11) is 0. The van der Waals surface area contributed by atoms with Crippen LogP contribution in [-0.4, -0.2) is 24.9 Å². The van der Waals surface area contributed by atoms with Crippen molar-refractivity contribution in [2.75, 3.05) is 19.1 Å². The van der Waals surface area contributed by atoms with Crippen LogP contribution < -0.4 is 0 Å². The zero-order valence-corrected chi connectivity index (χ0v) is 6.99. The molecular formula is C7H13ClO2. The fourth-order valence-corrected chi connectivity index (χ4v) is 0.686. The third-order valence-electron chi connectivity index (χ3n) is 1.06. The molecule has 0 amide bonds. The number of carbonyl (C=O) groups excluding carboxylic acids is 1. The van der Waals surface area contributed by atoms with Crippen LogP contribution in [0.2, 0.25) is 0 Å². The molecule has 0 bridgehead atoms. The van der Waals surface area contributed by atoms with Gasteiger partial charge in [-0.15, -0.1) is 11.6 Å². The Morgan fingerprint density at radius 1 is 1.60 bits per heavy atom. The number of ketones is 1. The third-order valence-corrected chi connectivity index (χ3v) is 1.32. The fourth-order valence-electron chi connectivity index (χ4n) is 0.552. The second-order valence-corrected chi connectivity index (χ2v) is 2.35. The Labute approximate surface area is 66.5 Å². The van der Waals surface area contributed by atoms with E-state index in [1.165, 1.54) is 0 Å². The van der Waals surface area contributed by atoms with Gasteiger partial charge in [-0.1, -0.05) is 0 Å². The van der Waals surface area contributed by atoms with Crippen LogP contribution in [0.3, 0.4) is 0 Å². The van der Waals surface area contributed by atoms with Gasteiger partial charge >= 0.3 is 0 Å². The lowest BCUT2D eigenvalue weighted by Gasteiger charge is -1.97. The lowest BCUT2D eigenvalue weighted by atomic mass is 10.2. The van der Waals surface area contributed by atoms with Crippen LogP contribution in [0.1, 0.15) is 19.8 Å². The van der Waals surface area contributed by atoms with Crippen LogP contribution in [0.25, 0.3) is 0 Å². The van der Waals surface area contributed by atoms with Crippen molar-refractivity contribution in [3.63, 3.8) is 0 Å². The summed E-state index contributed by atoms with van der Waals surface area (Å²) in [6, 6.07) is 0. The lowest BCUT2D eigenvalue weighted by molar-refractivity contribution is -0.123.